The maximum Gasteiger partial charge on any atom is 0.256 e. The average molecular weight is 197 g/mol. The average Bonchev–Trinajstić information content (AvgIpc) is 2.21. The van der Waals surface area contributed by atoms with Crippen LogP contribution in [0.3, 0.4) is 0 Å². The third-order valence-corrected chi connectivity index (χ3v) is 2.02. The topological polar surface area (TPSA) is 51.5 Å². The van der Waals surface area contributed by atoms with Crippen LogP contribution in [0.2, 0.25) is 0 Å². The molecule has 1 N–H and O–H groups in total. The van der Waals surface area contributed by atoms with Crippen LogP contribution in [0, 0.1) is 0 Å². The number of aromatic nitrogens is 1. The van der Waals surface area contributed by atoms with Crippen molar-refractivity contribution < 1.29 is 9.84 Å². The van der Waals surface area contributed by atoms with Gasteiger partial charge in [0.25, 0.3) is 5.56 Å². The smallest absolute Gasteiger partial charge is 0.256 e. The molecule has 0 spiro atoms. The number of methoxy groups -OCH3 is 1. The second-order valence-corrected chi connectivity index (χ2v) is 3.04. The first kappa shape index (κ1) is 10.9. The minimum Gasteiger partial charge on any atom is -0.391 e. The summed E-state index contributed by atoms with van der Waals surface area (Å²) in [6.45, 7) is 1.06. The van der Waals surface area contributed by atoms with Crippen LogP contribution in [0.15, 0.2) is 23.1 Å². The summed E-state index contributed by atoms with van der Waals surface area (Å²) in [4.78, 5) is 11.6. The maximum atomic E-state index is 11.6. The summed E-state index contributed by atoms with van der Waals surface area (Å²) in [7, 11) is 1.63. The van der Waals surface area contributed by atoms with E-state index in [2.05, 4.69) is 0 Å². The first-order valence-corrected chi connectivity index (χ1v) is 4.57. The fourth-order valence-electron chi connectivity index (χ4n) is 1.26. The molecule has 4 heteroatoms. The van der Waals surface area contributed by atoms with Gasteiger partial charge in [0.2, 0.25) is 0 Å². The number of pyridine rings is 1. The van der Waals surface area contributed by atoms with Crippen molar-refractivity contribution >= 4 is 0 Å². The van der Waals surface area contributed by atoms with Gasteiger partial charge < -0.3 is 14.4 Å². The predicted molar refractivity (Wildman–Crippen MR) is 53.1 cm³/mol. The van der Waals surface area contributed by atoms with E-state index in [1.54, 1.807) is 30.0 Å². The standard InChI is InChI=1S/C10H15NO3/c1-14-7-3-6-11-5-2-4-9(8-12)10(11)13/h2,4-5,12H,3,6-8H2,1H3. The quantitative estimate of drug-likeness (QED) is 0.694. The zero-order valence-corrected chi connectivity index (χ0v) is 8.27. The van der Waals surface area contributed by atoms with Crippen LogP contribution in [0.4, 0.5) is 0 Å². The van der Waals surface area contributed by atoms with E-state index in [9.17, 15) is 4.79 Å². The van der Waals surface area contributed by atoms with Gasteiger partial charge in [-0.15, -0.1) is 0 Å². The largest absolute Gasteiger partial charge is 0.391 e. The Balaban J connectivity index is 2.72. The summed E-state index contributed by atoms with van der Waals surface area (Å²) in [5.41, 5.74) is 0.316. The van der Waals surface area contributed by atoms with E-state index in [0.29, 0.717) is 18.7 Å². The molecule has 78 valence electrons. The molecular formula is C10H15NO3. The normalized spacial score (nSPS) is 10.4. The maximum absolute atomic E-state index is 11.6. The molecule has 0 saturated heterocycles. The van der Waals surface area contributed by atoms with Crippen molar-refractivity contribution in [2.24, 2.45) is 0 Å². The van der Waals surface area contributed by atoms with Crippen molar-refractivity contribution in [1.29, 1.82) is 0 Å². The Hall–Kier alpha value is -1.13. The second kappa shape index (κ2) is 5.57. The molecule has 0 bridgehead atoms. The van der Waals surface area contributed by atoms with Crippen molar-refractivity contribution in [2.75, 3.05) is 13.7 Å². The van der Waals surface area contributed by atoms with Crippen molar-refractivity contribution in [3.63, 3.8) is 0 Å². The lowest BCUT2D eigenvalue weighted by Gasteiger charge is -2.05. The molecule has 0 aliphatic heterocycles. The van der Waals surface area contributed by atoms with Crippen LogP contribution in [-0.2, 0) is 17.9 Å². The van der Waals surface area contributed by atoms with Crippen LogP contribution < -0.4 is 5.56 Å². The Labute approximate surface area is 82.8 Å². The van der Waals surface area contributed by atoms with Gasteiger partial charge in [-0.25, -0.2) is 0 Å². The molecule has 0 fully saturated rings. The molecule has 0 atom stereocenters. The van der Waals surface area contributed by atoms with Gasteiger partial charge in [-0.1, -0.05) is 0 Å². The third-order valence-electron chi connectivity index (χ3n) is 2.02. The van der Waals surface area contributed by atoms with Crippen LogP contribution in [0.5, 0.6) is 0 Å². The Morgan fingerprint density at radius 1 is 1.57 bits per heavy atom. The van der Waals surface area contributed by atoms with E-state index < -0.39 is 0 Å². The van der Waals surface area contributed by atoms with Crippen molar-refractivity contribution in [3.8, 4) is 0 Å². The number of nitrogens with zero attached hydrogens (tertiary/aromatic N) is 1. The molecule has 0 unspecified atom stereocenters. The molecule has 1 rings (SSSR count). The molecule has 0 aliphatic carbocycles. The highest BCUT2D eigenvalue weighted by atomic mass is 16.5. The molecule has 1 aromatic rings. The van der Waals surface area contributed by atoms with E-state index >= 15 is 0 Å². The van der Waals surface area contributed by atoms with Crippen LogP contribution in [0.1, 0.15) is 12.0 Å². The van der Waals surface area contributed by atoms with E-state index in [4.69, 9.17) is 9.84 Å². The Morgan fingerprint density at radius 2 is 2.36 bits per heavy atom. The van der Waals surface area contributed by atoms with Crippen molar-refractivity contribution in [2.45, 2.75) is 19.6 Å². The number of aliphatic hydroxyl groups excluding tert-OH is 1. The summed E-state index contributed by atoms with van der Waals surface area (Å²) in [6.07, 6.45) is 2.52. The van der Waals surface area contributed by atoms with E-state index in [1.165, 1.54) is 0 Å². The fraction of sp³-hybridized carbons (Fsp3) is 0.500. The summed E-state index contributed by atoms with van der Waals surface area (Å²) < 4.78 is 6.48. The van der Waals surface area contributed by atoms with Gasteiger partial charge in [0.1, 0.15) is 0 Å². The fourth-order valence-corrected chi connectivity index (χ4v) is 1.26. The van der Waals surface area contributed by atoms with E-state index in [0.717, 1.165) is 6.42 Å². The summed E-state index contributed by atoms with van der Waals surface area (Å²) in [5.74, 6) is 0. The molecule has 0 aliphatic rings. The van der Waals surface area contributed by atoms with Crippen LogP contribution in [-0.4, -0.2) is 23.4 Å². The summed E-state index contributed by atoms with van der Waals surface area (Å²) in [6, 6.07) is 3.40. The van der Waals surface area contributed by atoms with E-state index in [1.807, 2.05) is 0 Å². The van der Waals surface area contributed by atoms with Gasteiger partial charge in [0.05, 0.1) is 6.61 Å². The number of hydrogen-bond acceptors (Lipinski definition) is 3. The lowest BCUT2D eigenvalue weighted by Crippen LogP contribution is -2.23. The third kappa shape index (κ3) is 2.68. The number of hydrogen-bond donors (Lipinski definition) is 1. The summed E-state index contributed by atoms with van der Waals surface area (Å²) in [5, 5.41) is 8.88. The molecule has 1 heterocycles. The highest BCUT2D eigenvalue weighted by molar-refractivity contribution is 5.08. The van der Waals surface area contributed by atoms with Gasteiger partial charge in [-0.05, 0) is 18.6 Å². The van der Waals surface area contributed by atoms with Gasteiger partial charge in [-0.3, -0.25) is 4.79 Å². The minimum atomic E-state index is -0.204. The predicted octanol–water partition coefficient (Wildman–Crippen LogP) is 0.377. The van der Waals surface area contributed by atoms with Gasteiger partial charge in [0, 0.05) is 32.0 Å². The van der Waals surface area contributed by atoms with E-state index in [-0.39, 0.29) is 12.2 Å². The van der Waals surface area contributed by atoms with Gasteiger partial charge >= 0.3 is 0 Å². The lowest BCUT2D eigenvalue weighted by molar-refractivity contribution is 0.190. The molecular weight excluding hydrogens is 182 g/mol. The van der Waals surface area contributed by atoms with Crippen LogP contribution in [0.25, 0.3) is 0 Å². The lowest BCUT2D eigenvalue weighted by atomic mass is 10.3. The van der Waals surface area contributed by atoms with Crippen LogP contribution >= 0.6 is 0 Å². The van der Waals surface area contributed by atoms with Crippen molar-refractivity contribution in [3.05, 3.63) is 34.2 Å². The first-order valence-electron chi connectivity index (χ1n) is 4.57. The zero-order valence-electron chi connectivity index (χ0n) is 8.27. The SMILES string of the molecule is COCCCn1cccc(CO)c1=O. The Morgan fingerprint density at radius 3 is 3.00 bits per heavy atom. The monoisotopic (exact) mass is 197 g/mol. The molecule has 0 saturated carbocycles. The van der Waals surface area contributed by atoms with Gasteiger partial charge in [-0.2, -0.15) is 0 Å². The number of rotatable bonds is 5. The molecule has 0 radical (unpaired) electrons. The molecule has 0 amide bonds. The summed E-state index contributed by atoms with van der Waals surface area (Å²) >= 11 is 0. The Kier molecular flexibility index (Phi) is 4.35. The zero-order chi connectivity index (χ0) is 10.4. The minimum absolute atomic E-state index is 0.119. The second-order valence-electron chi connectivity index (χ2n) is 3.04. The van der Waals surface area contributed by atoms with Gasteiger partial charge in [0.15, 0.2) is 0 Å². The number of aliphatic hydroxyl groups is 1. The Bertz CT molecular complexity index is 332. The molecule has 0 aromatic carbocycles. The highest BCUT2D eigenvalue weighted by Crippen LogP contribution is 1.93. The molecule has 1 aromatic heterocycles. The molecule has 4 nitrogen and oxygen atoms in total. The molecule has 14 heavy (non-hydrogen) atoms. The van der Waals surface area contributed by atoms with Crippen molar-refractivity contribution in [1.82, 2.24) is 4.57 Å². The number of ether oxygens (including phenoxy) is 1. The highest BCUT2D eigenvalue weighted by Gasteiger charge is 2.00. The first-order chi connectivity index (χ1) is 6.79. The number of aryl methyl sites for hydroxylation is 1.